The van der Waals surface area contributed by atoms with Gasteiger partial charge in [-0.15, -0.1) is 4.83 Å². The standard InChI is InChI=1S/C19H18FN3O3S/c1-13-12-18(14(2)23(13)16-10-8-15(20)9-11-16)19(24)21-22-27(25,26)17-6-4-3-5-7-17/h3-12,22H,1-2H3,(H,21,24). The molecule has 1 aromatic heterocycles. The number of nitrogens with one attached hydrogen (secondary N) is 2. The fraction of sp³-hybridized carbons (Fsp3) is 0.105. The molecule has 1 heterocycles. The molecule has 0 aliphatic rings. The Morgan fingerprint density at radius 3 is 2.26 bits per heavy atom. The molecule has 27 heavy (non-hydrogen) atoms. The minimum Gasteiger partial charge on any atom is -0.318 e. The molecule has 0 saturated heterocycles. The molecule has 0 fully saturated rings. The minimum atomic E-state index is -3.87. The number of nitrogens with zero attached hydrogens (tertiary/aromatic N) is 1. The molecule has 0 spiro atoms. The Labute approximate surface area is 156 Å². The number of carbonyl (C=O) groups excluding carboxylic acids is 1. The summed E-state index contributed by atoms with van der Waals surface area (Å²) >= 11 is 0. The highest BCUT2D eigenvalue weighted by atomic mass is 32.2. The quantitative estimate of drug-likeness (QED) is 0.661. The van der Waals surface area contributed by atoms with Crippen LogP contribution in [0, 0.1) is 19.7 Å². The molecule has 0 aliphatic heterocycles. The lowest BCUT2D eigenvalue weighted by Crippen LogP contribution is -2.41. The van der Waals surface area contributed by atoms with Crippen LogP contribution in [0.15, 0.2) is 65.6 Å². The molecule has 1 amide bonds. The van der Waals surface area contributed by atoms with Crippen LogP contribution in [0.25, 0.3) is 5.69 Å². The highest BCUT2D eigenvalue weighted by Gasteiger charge is 2.19. The van der Waals surface area contributed by atoms with Crippen LogP contribution in [0.5, 0.6) is 0 Å². The average Bonchev–Trinajstić information content (AvgIpc) is 2.96. The molecule has 6 nitrogen and oxygen atoms in total. The topological polar surface area (TPSA) is 80.2 Å². The molecule has 3 rings (SSSR count). The summed E-state index contributed by atoms with van der Waals surface area (Å²) < 4.78 is 39.4. The van der Waals surface area contributed by atoms with E-state index >= 15 is 0 Å². The molecule has 0 radical (unpaired) electrons. The summed E-state index contributed by atoms with van der Waals surface area (Å²) in [7, 11) is -3.87. The fourth-order valence-corrected chi connectivity index (χ4v) is 3.68. The highest BCUT2D eigenvalue weighted by Crippen LogP contribution is 2.21. The van der Waals surface area contributed by atoms with Crippen molar-refractivity contribution in [3.63, 3.8) is 0 Å². The molecule has 3 aromatic rings. The van der Waals surface area contributed by atoms with E-state index in [-0.39, 0.29) is 10.7 Å². The van der Waals surface area contributed by atoms with E-state index < -0.39 is 15.9 Å². The maximum atomic E-state index is 13.2. The van der Waals surface area contributed by atoms with Crippen LogP contribution in [-0.2, 0) is 10.0 Å². The van der Waals surface area contributed by atoms with E-state index in [0.717, 1.165) is 5.69 Å². The van der Waals surface area contributed by atoms with Gasteiger partial charge in [0.15, 0.2) is 0 Å². The van der Waals surface area contributed by atoms with Gasteiger partial charge in [0.25, 0.3) is 15.9 Å². The summed E-state index contributed by atoms with van der Waals surface area (Å²) in [4.78, 5) is 14.6. The molecule has 0 saturated carbocycles. The number of hydrazine groups is 1. The van der Waals surface area contributed by atoms with E-state index in [1.165, 1.54) is 24.3 Å². The van der Waals surface area contributed by atoms with Crippen LogP contribution in [0.4, 0.5) is 4.39 Å². The molecule has 0 atom stereocenters. The van der Waals surface area contributed by atoms with Gasteiger partial charge in [0.05, 0.1) is 10.5 Å². The van der Waals surface area contributed by atoms with E-state index in [9.17, 15) is 17.6 Å². The molecular weight excluding hydrogens is 369 g/mol. The van der Waals surface area contributed by atoms with E-state index in [1.54, 1.807) is 54.8 Å². The second-order valence-electron chi connectivity index (χ2n) is 5.97. The van der Waals surface area contributed by atoms with Crippen LogP contribution in [-0.4, -0.2) is 18.9 Å². The lowest BCUT2D eigenvalue weighted by Gasteiger charge is -2.11. The smallest absolute Gasteiger partial charge is 0.268 e. The van der Waals surface area contributed by atoms with Crippen molar-refractivity contribution in [3.05, 3.63) is 83.4 Å². The zero-order valence-electron chi connectivity index (χ0n) is 14.7. The van der Waals surface area contributed by atoms with Gasteiger partial charge in [-0.25, -0.2) is 12.8 Å². The first-order valence-corrected chi connectivity index (χ1v) is 9.60. The molecule has 2 N–H and O–H groups in total. The van der Waals surface area contributed by atoms with Crippen LogP contribution in [0.2, 0.25) is 0 Å². The third kappa shape index (κ3) is 3.91. The van der Waals surface area contributed by atoms with Crippen molar-refractivity contribution in [1.29, 1.82) is 0 Å². The largest absolute Gasteiger partial charge is 0.318 e. The van der Waals surface area contributed by atoms with Crippen LogP contribution in [0.3, 0.4) is 0 Å². The predicted molar refractivity (Wildman–Crippen MR) is 99.4 cm³/mol. The number of halogens is 1. The number of carbonyl (C=O) groups is 1. The minimum absolute atomic E-state index is 0.0436. The Bertz CT molecular complexity index is 1080. The number of hydrogen-bond acceptors (Lipinski definition) is 3. The monoisotopic (exact) mass is 387 g/mol. The fourth-order valence-electron chi connectivity index (χ4n) is 2.82. The second-order valence-corrected chi connectivity index (χ2v) is 7.65. The first-order chi connectivity index (χ1) is 12.8. The van der Waals surface area contributed by atoms with Gasteiger partial charge in [-0.05, 0) is 56.3 Å². The Balaban J connectivity index is 1.82. The van der Waals surface area contributed by atoms with Crippen molar-refractivity contribution in [1.82, 2.24) is 14.8 Å². The van der Waals surface area contributed by atoms with Crippen molar-refractivity contribution >= 4 is 15.9 Å². The van der Waals surface area contributed by atoms with E-state index in [0.29, 0.717) is 16.9 Å². The molecule has 0 aliphatic carbocycles. The van der Waals surface area contributed by atoms with Gasteiger partial charge in [-0.1, -0.05) is 18.2 Å². The number of amides is 1. The molecule has 0 unspecified atom stereocenters. The number of aromatic nitrogens is 1. The van der Waals surface area contributed by atoms with Crippen molar-refractivity contribution in [2.75, 3.05) is 0 Å². The van der Waals surface area contributed by atoms with Gasteiger partial charge >= 0.3 is 0 Å². The Morgan fingerprint density at radius 2 is 1.63 bits per heavy atom. The molecule has 0 bridgehead atoms. The zero-order chi connectivity index (χ0) is 19.6. The summed E-state index contributed by atoms with van der Waals surface area (Å²) in [6.45, 7) is 3.54. The SMILES string of the molecule is Cc1cc(C(=O)NNS(=O)(=O)c2ccccc2)c(C)n1-c1ccc(F)cc1. The first-order valence-electron chi connectivity index (χ1n) is 8.11. The maximum Gasteiger partial charge on any atom is 0.268 e. The zero-order valence-corrected chi connectivity index (χ0v) is 15.5. The summed E-state index contributed by atoms with van der Waals surface area (Å²) in [5.74, 6) is -0.939. The third-order valence-corrected chi connectivity index (χ3v) is 5.38. The predicted octanol–water partition coefficient (Wildman–Crippen LogP) is 2.86. The van der Waals surface area contributed by atoms with Gasteiger partial charge in [-0.3, -0.25) is 10.2 Å². The number of aryl methyl sites for hydroxylation is 1. The first kappa shape index (κ1) is 18.8. The van der Waals surface area contributed by atoms with Crippen molar-refractivity contribution in [2.24, 2.45) is 0 Å². The van der Waals surface area contributed by atoms with Gasteiger partial charge in [-0.2, -0.15) is 0 Å². The normalized spacial score (nSPS) is 11.4. The van der Waals surface area contributed by atoms with Crippen molar-refractivity contribution in [2.45, 2.75) is 18.7 Å². The van der Waals surface area contributed by atoms with E-state index in [2.05, 4.69) is 10.3 Å². The summed E-state index contributed by atoms with van der Waals surface area (Å²) in [5.41, 5.74) is 4.61. The van der Waals surface area contributed by atoms with Crippen LogP contribution >= 0.6 is 0 Å². The Morgan fingerprint density at radius 1 is 1.00 bits per heavy atom. The summed E-state index contributed by atoms with van der Waals surface area (Å²) in [5, 5.41) is 0. The third-order valence-electron chi connectivity index (χ3n) is 4.11. The van der Waals surface area contributed by atoms with Gasteiger partial charge < -0.3 is 4.57 Å². The average molecular weight is 387 g/mol. The van der Waals surface area contributed by atoms with Gasteiger partial charge in [0, 0.05) is 17.1 Å². The highest BCUT2D eigenvalue weighted by molar-refractivity contribution is 7.89. The van der Waals surface area contributed by atoms with Crippen LogP contribution < -0.4 is 10.3 Å². The Hall–Kier alpha value is -2.97. The second kappa shape index (κ2) is 7.34. The molecule has 140 valence electrons. The Kier molecular flexibility index (Phi) is 5.11. The number of hydrogen-bond donors (Lipinski definition) is 2. The number of rotatable bonds is 5. The maximum absolute atomic E-state index is 13.2. The molecule has 2 aromatic carbocycles. The number of benzene rings is 2. The van der Waals surface area contributed by atoms with Crippen LogP contribution in [0.1, 0.15) is 21.7 Å². The summed E-state index contributed by atoms with van der Waals surface area (Å²) in [6, 6.07) is 15.3. The number of sulfonamides is 1. The van der Waals surface area contributed by atoms with Crippen molar-refractivity contribution < 1.29 is 17.6 Å². The lowest BCUT2D eigenvalue weighted by atomic mass is 10.2. The lowest BCUT2D eigenvalue weighted by molar-refractivity contribution is 0.0944. The van der Waals surface area contributed by atoms with Gasteiger partial charge in [0.1, 0.15) is 5.82 Å². The van der Waals surface area contributed by atoms with E-state index in [4.69, 9.17) is 0 Å². The molecule has 8 heteroatoms. The van der Waals surface area contributed by atoms with Crippen molar-refractivity contribution in [3.8, 4) is 5.69 Å². The van der Waals surface area contributed by atoms with Gasteiger partial charge in [0.2, 0.25) is 0 Å². The molecular formula is C19H18FN3O3S. The van der Waals surface area contributed by atoms with E-state index in [1.807, 2.05) is 0 Å². The summed E-state index contributed by atoms with van der Waals surface area (Å²) in [6.07, 6.45) is 0.